The molecule has 0 unspecified atom stereocenters. The van der Waals surface area contributed by atoms with Gasteiger partial charge in [0.2, 0.25) is 0 Å². The van der Waals surface area contributed by atoms with Crippen LogP contribution >= 0.6 is 24.0 Å². The topological polar surface area (TPSA) is 78.0 Å². The van der Waals surface area contributed by atoms with Crippen LogP contribution in [0, 0.1) is 0 Å². The third-order valence-corrected chi connectivity index (χ3v) is 2.97. The fraction of sp³-hybridized carbons (Fsp3) is 0.308. The average Bonchev–Trinajstić information content (AvgIpc) is 3.01. The molecule has 1 aliphatic rings. The van der Waals surface area contributed by atoms with Gasteiger partial charge in [0.1, 0.15) is 6.33 Å². The first-order valence-corrected chi connectivity index (χ1v) is 6.39. The van der Waals surface area contributed by atoms with Crippen molar-refractivity contribution in [1.82, 2.24) is 25.8 Å². The molecule has 0 spiro atoms. The number of aliphatic imine (C=N–C) groups is 1. The fourth-order valence-corrected chi connectivity index (χ4v) is 2.01. The molecule has 0 atom stereocenters. The van der Waals surface area contributed by atoms with E-state index in [0.29, 0.717) is 0 Å². The van der Waals surface area contributed by atoms with Gasteiger partial charge in [-0.2, -0.15) is 5.10 Å². The predicted octanol–water partition coefficient (Wildman–Crippen LogP) is 1.53. The van der Waals surface area contributed by atoms with Crippen molar-refractivity contribution < 1.29 is 0 Å². The van der Waals surface area contributed by atoms with E-state index >= 15 is 0 Å². The summed E-state index contributed by atoms with van der Waals surface area (Å²) in [7, 11) is 0. The second-order valence-corrected chi connectivity index (χ2v) is 4.40. The Balaban J connectivity index is 0.00000147. The van der Waals surface area contributed by atoms with Gasteiger partial charge in [-0.15, -0.1) is 24.0 Å². The van der Waals surface area contributed by atoms with E-state index in [1.165, 1.54) is 11.9 Å². The molecule has 2 heterocycles. The van der Waals surface area contributed by atoms with Crippen LogP contribution in [-0.2, 0) is 6.54 Å². The number of hydrogen-bond donors (Lipinski definition) is 3. The number of guanidine groups is 1. The van der Waals surface area contributed by atoms with Crippen molar-refractivity contribution in [3.8, 4) is 11.4 Å². The normalized spacial score (nSPS) is 13.9. The number of nitrogens with zero attached hydrogens (tertiary/aromatic N) is 3. The van der Waals surface area contributed by atoms with Crippen LogP contribution in [0.4, 0.5) is 0 Å². The highest BCUT2D eigenvalue weighted by Crippen LogP contribution is 2.15. The zero-order chi connectivity index (χ0) is 12.9. The molecule has 0 bridgehead atoms. The second-order valence-electron chi connectivity index (χ2n) is 4.40. The van der Waals surface area contributed by atoms with Gasteiger partial charge in [-0.3, -0.25) is 10.1 Å². The molecule has 1 aromatic carbocycles. The van der Waals surface area contributed by atoms with Crippen LogP contribution < -0.4 is 10.6 Å². The number of aromatic amines is 1. The predicted molar refractivity (Wildman–Crippen MR) is 89.0 cm³/mol. The maximum Gasteiger partial charge on any atom is 0.191 e. The monoisotopic (exact) mass is 384 g/mol. The van der Waals surface area contributed by atoms with Crippen molar-refractivity contribution in [3.05, 3.63) is 36.2 Å². The summed E-state index contributed by atoms with van der Waals surface area (Å²) in [5.74, 6) is 1.67. The lowest BCUT2D eigenvalue weighted by Gasteiger charge is -2.16. The van der Waals surface area contributed by atoms with E-state index < -0.39 is 0 Å². The van der Waals surface area contributed by atoms with E-state index in [2.05, 4.69) is 42.9 Å². The number of nitrogens with one attached hydrogen (secondary N) is 3. The van der Waals surface area contributed by atoms with Gasteiger partial charge in [-0.05, 0) is 18.1 Å². The third-order valence-electron chi connectivity index (χ3n) is 2.97. The number of H-pyrrole nitrogens is 1. The van der Waals surface area contributed by atoms with Crippen LogP contribution in [0.25, 0.3) is 11.4 Å². The molecule has 0 aliphatic carbocycles. The lowest BCUT2D eigenvalue weighted by molar-refractivity contribution is 0.702. The van der Waals surface area contributed by atoms with Crippen LogP contribution in [-0.4, -0.2) is 34.2 Å². The van der Waals surface area contributed by atoms with E-state index in [0.717, 1.165) is 43.4 Å². The molecule has 0 radical (unpaired) electrons. The molecule has 0 fully saturated rings. The van der Waals surface area contributed by atoms with Crippen molar-refractivity contribution in [2.75, 3.05) is 13.1 Å². The van der Waals surface area contributed by atoms with Gasteiger partial charge in [0.25, 0.3) is 0 Å². The minimum Gasteiger partial charge on any atom is -0.356 e. The first-order valence-electron chi connectivity index (χ1n) is 6.39. The molecule has 7 heteroatoms. The van der Waals surface area contributed by atoms with Crippen molar-refractivity contribution in [2.24, 2.45) is 4.99 Å². The Morgan fingerprint density at radius 1 is 1.30 bits per heavy atom. The first-order chi connectivity index (χ1) is 9.42. The smallest absolute Gasteiger partial charge is 0.191 e. The van der Waals surface area contributed by atoms with Crippen LogP contribution in [0.1, 0.15) is 12.0 Å². The van der Waals surface area contributed by atoms with E-state index in [9.17, 15) is 0 Å². The summed E-state index contributed by atoms with van der Waals surface area (Å²) in [5, 5.41) is 13.3. The first kappa shape index (κ1) is 14.8. The summed E-state index contributed by atoms with van der Waals surface area (Å²) in [6.07, 6.45) is 2.62. The molecule has 0 saturated carbocycles. The molecule has 3 rings (SSSR count). The maximum atomic E-state index is 4.38. The molecule has 6 nitrogen and oxygen atoms in total. The van der Waals surface area contributed by atoms with Crippen molar-refractivity contribution in [1.29, 1.82) is 0 Å². The SMILES string of the molecule is I.c1cc(CNC2=NCCCN2)cc(-c2ncn[nH]2)c1. The van der Waals surface area contributed by atoms with Crippen molar-refractivity contribution in [2.45, 2.75) is 13.0 Å². The molecule has 0 saturated heterocycles. The van der Waals surface area contributed by atoms with Crippen molar-refractivity contribution >= 4 is 29.9 Å². The molecule has 1 aliphatic heterocycles. The average molecular weight is 384 g/mol. The quantitative estimate of drug-likeness (QED) is 0.702. The van der Waals surface area contributed by atoms with Crippen LogP contribution in [0.3, 0.4) is 0 Å². The van der Waals surface area contributed by atoms with Gasteiger partial charge in [-0.25, -0.2) is 4.98 Å². The van der Waals surface area contributed by atoms with Crippen molar-refractivity contribution in [3.63, 3.8) is 0 Å². The Bertz CT molecular complexity index is 566. The zero-order valence-corrected chi connectivity index (χ0v) is 13.3. The van der Waals surface area contributed by atoms with E-state index in [4.69, 9.17) is 0 Å². The van der Waals surface area contributed by atoms with Crippen LogP contribution in [0.15, 0.2) is 35.6 Å². The fourth-order valence-electron chi connectivity index (χ4n) is 2.01. The summed E-state index contributed by atoms with van der Waals surface area (Å²) < 4.78 is 0. The summed E-state index contributed by atoms with van der Waals surface area (Å²) >= 11 is 0. The van der Waals surface area contributed by atoms with Gasteiger partial charge in [0.05, 0.1) is 0 Å². The van der Waals surface area contributed by atoms with E-state index in [-0.39, 0.29) is 24.0 Å². The molecule has 3 N–H and O–H groups in total. The molecule has 20 heavy (non-hydrogen) atoms. The molecule has 1 aromatic heterocycles. The van der Waals surface area contributed by atoms with Gasteiger partial charge < -0.3 is 10.6 Å². The minimum atomic E-state index is 0. The summed E-state index contributed by atoms with van der Waals surface area (Å²) in [4.78, 5) is 8.54. The number of halogens is 1. The standard InChI is InChI=1S/C13H16N6.HI/c1-3-10(8-16-13-14-5-2-6-15-13)7-11(4-1)12-17-9-18-19-12;/h1,3-4,7,9H,2,5-6,8H2,(H2,14,15,16)(H,17,18,19);1H. The number of hydrogen-bond acceptors (Lipinski definition) is 5. The lowest BCUT2D eigenvalue weighted by atomic mass is 10.1. The Morgan fingerprint density at radius 2 is 2.25 bits per heavy atom. The largest absolute Gasteiger partial charge is 0.356 e. The Labute approximate surface area is 134 Å². The summed E-state index contributed by atoms with van der Waals surface area (Å²) in [6, 6.07) is 8.21. The molecule has 0 amide bonds. The van der Waals surface area contributed by atoms with E-state index in [1.807, 2.05) is 12.1 Å². The second kappa shape index (κ2) is 7.22. The lowest BCUT2D eigenvalue weighted by Crippen LogP contribution is -2.40. The van der Waals surface area contributed by atoms with Gasteiger partial charge >= 0.3 is 0 Å². The van der Waals surface area contributed by atoms with E-state index in [1.54, 1.807) is 0 Å². The molecular weight excluding hydrogens is 367 g/mol. The van der Waals surface area contributed by atoms with Gasteiger partial charge in [0.15, 0.2) is 11.8 Å². The molecular formula is C13H17IN6. The number of aromatic nitrogens is 3. The Hall–Kier alpha value is -1.64. The number of rotatable bonds is 3. The summed E-state index contributed by atoms with van der Waals surface area (Å²) in [6.45, 7) is 2.63. The highest BCUT2D eigenvalue weighted by Gasteiger charge is 2.04. The Kier molecular flexibility index (Phi) is 5.33. The van der Waals surface area contributed by atoms with Gasteiger partial charge in [0, 0.05) is 25.2 Å². The zero-order valence-electron chi connectivity index (χ0n) is 11.0. The van der Waals surface area contributed by atoms with Gasteiger partial charge in [-0.1, -0.05) is 18.2 Å². The van der Waals surface area contributed by atoms with Crippen LogP contribution in [0.2, 0.25) is 0 Å². The third kappa shape index (κ3) is 3.69. The Morgan fingerprint density at radius 3 is 3.00 bits per heavy atom. The minimum absolute atomic E-state index is 0. The summed E-state index contributed by atoms with van der Waals surface area (Å²) in [5.41, 5.74) is 2.22. The molecule has 106 valence electrons. The number of benzene rings is 1. The maximum absolute atomic E-state index is 4.38. The highest BCUT2D eigenvalue weighted by molar-refractivity contribution is 14.0. The molecule has 2 aromatic rings. The van der Waals surface area contributed by atoms with Crippen LogP contribution in [0.5, 0.6) is 0 Å². The highest BCUT2D eigenvalue weighted by atomic mass is 127.